The Morgan fingerprint density at radius 2 is 1.85 bits per heavy atom. The molecule has 1 aromatic heterocycles. The standard InChI is InChI=1S/C29H35F3N8O/c1-18-7-8-22(15-27(18)40-17-26(36-37-40)23-16-34-38(4)20(23)3)35-28(41)21-13-24(29(30,31)32)19(2)25(14-21)33-9-12-39-10-5-6-11-39/h7-8,13-17,33,36-37H,5-6,9-12H2,1-4H3,(H,35,41). The van der Waals surface area contributed by atoms with Crippen molar-refractivity contribution in [3.63, 3.8) is 0 Å². The van der Waals surface area contributed by atoms with E-state index in [1.807, 2.05) is 33.2 Å². The van der Waals surface area contributed by atoms with Crippen LogP contribution in [0.15, 0.2) is 42.7 Å². The molecule has 0 saturated carbocycles. The first-order valence-corrected chi connectivity index (χ1v) is 13.6. The fourth-order valence-corrected chi connectivity index (χ4v) is 5.17. The first kappa shape index (κ1) is 28.5. The van der Waals surface area contributed by atoms with E-state index < -0.39 is 17.6 Å². The molecule has 2 aromatic carbocycles. The van der Waals surface area contributed by atoms with Gasteiger partial charge in [-0.25, -0.2) is 0 Å². The van der Waals surface area contributed by atoms with Gasteiger partial charge in [0.25, 0.3) is 5.91 Å². The van der Waals surface area contributed by atoms with Crippen LogP contribution < -0.4 is 26.6 Å². The third kappa shape index (κ3) is 6.18. The zero-order chi connectivity index (χ0) is 29.3. The Balaban J connectivity index is 1.36. The second-order valence-electron chi connectivity index (χ2n) is 10.5. The van der Waals surface area contributed by atoms with Crippen LogP contribution >= 0.6 is 0 Å². The van der Waals surface area contributed by atoms with E-state index in [0.717, 1.165) is 66.7 Å². The molecule has 9 nitrogen and oxygen atoms in total. The molecule has 0 spiro atoms. The van der Waals surface area contributed by atoms with E-state index >= 15 is 0 Å². The first-order chi connectivity index (χ1) is 19.5. The monoisotopic (exact) mass is 568 g/mol. The van der Waals surface area contributed by atoms with Gasteiger partial charge in [-0.15, -0.1) is 5.53 Å². The van der Waals surface area contributed by atoms with E-state index in [2.05, 4.69) is 31.6 Å². The summed E-state index contributed by atoms with van der Waals surface area (Å²) in [6.07, 6.45) is 1.34. The van der Waals surface area contributed by atoms with Gasteiger partial charge >= 0.3 is 6.18 Å². The van der Waals surface area contributed by atoms with Gasteiger partial charge in [-0.3, -0.25) is 14.5 Å². The van der Waals surface area contributed by atoms with Gasteiger partial charge in [-0.2, -0.15) is 18.3 Å². The molecule has 41 heavy (non-hydrogen) atoms. The summed E-state index contributed by atoms with van der Waals surface area (Å²) in [6.45, 7) is 8.56. The molecule has 1 amide bonds. The van der Waals surface area contributed by atoms with E-state index in [0.29, 0.717) is 17.9 Å². The van der Waals surface area contributed by atoms with Gasteiger partial charge in [0.15, 0.2) is 0 Å². The van der Waals surface area contributed by atoms with Crippen LogP contribution in [0.1, 0.15) is 51.1 Å². The van der Waals surface area contributed by atoms with Crippen LogP contribution in [-0.4, -0.2) is 46.8 Å². The Hall–Kier alpha value is -4.03. The van der Waals surface area contributed by atoms with E-state index in [1.165, 1.54) is 13.0 Å². The molecule has 4 N–H and O–H groups in total. The molecule has 0 radical (unpaired) electrons. The van der Waals surface area contributed by atoms with Crippen LogP contribution in [0.2, 0.25) is 0 Å². The molecule has 0 aliphatic carbocycles. The number of carbonyl (C=O) groups excluding carboxylic acids is 1. The number of amides is 1. The molecule has 3 aromatic rings. The van der Waals surface area contributed by atoms with Crippen LogP contribution in [0, 0.1) is 20.8 Å². The van der Waals surface area contributed by atoms with Crippen molar-refractivity contribution >= 4 is 28.7 Å². The second kappa shape index (κ2) is 11.5. The molecule has 2 aliphatic heterocycles. The Kier molecular flexibility index (Phi) is 7.96. The van der Waals surface area contributed by atoms with Crippen molar-refractivity contribution in [3.8, 4) is 0 Å². The maximum atomic E-state index is 13.9. The lowest BCUT2D eigenvalue weighted by Gasteiger charge is -2.20. The minimum Gasteiger partial charge on any atom is -0.384 e. The van der Waals surface area contributed by atoms with Crippen LogP contribution in [0.4, 0.5) is 30.2 Å². The Bertz CT molecular complexity index is 1470. The van der Waals surface area contributed by atoms with E-state index in [-0.39, 0.29) is 11.1 Å². The van der Waals surface area contributed by atoms with Gasteiger partial charge in [0.1, 0.15) is 0 Å². The summed E-state index contributed by atoms with van der Waals surface area (Å²) in [6, 6.07) is 7.75. The van der Waals surface area contributed by atoms with E-state index in [1.54, 1.807) is 28.0 Å². The minimum atomic E-state index is -4.59. The lowest BCUT2D eigenvalue weighted by molar-refractivity contribution is -0.138. The highest BCUT2D eigenvalue weighted by molar-refractivity contribution is 6.05. The van der Waals surface area contributed by atoms with Crippen LogP contribution in [0.5, 0.6) is 0 Å². The SMILES string of the molecule is Cc1ccc(NC(=O)c2cc(NCCN3CCCC3)c(C)c(C(F)(F)F)c2)cc1N1C=C(c2cnn(C)c2C)NN1. The van der Waals surface area contributed by atoms with Crippen molar-refractivity contribution in [1.82, 2.24) is 25.6 Å². The highest BCUT2D eigenvalue weighted by Gasteiger charge is 2.34. The number of hydrazine groups is 2. The Labute approximate surface area is 237 Å². The molecule has 5 rings (SSSR count). The number of nitrogens with zero attached hydrogens (tertiary/aromatic N) is 4. The van der Waals surface area contributed by atoms with Gasteiger partial charge in [0.05, 0.1) is 23.1 Å². The number of hydrogen-bond acceptors (Lipinski definition) is 7. The van der Waals surface area contributed by atoms with Crippen molar-refractivity contribution in [1.29, 1.82) is 0 Å². The summed E-state index contributed by atoms with van der Waals surface area (Å²) in [5, 5.41) is 12.0. The average Bonchev–Trinajstić information content (AvgIpc) is 3.68. The number of alkyl halides is 3. The quantitative estimate of drug-likeness (QED) is 0.306. The van der Waals surface area contributed by atoms with Crippen LogP contribution in [0.25, 0.3) is 5.70 Å². The fraction of sp³-hybridized carbons (Fsp3) is 0.379. The smallest absolute Gasteiger partial charge is 0.384 e. The lowest BCUT2D eigenvalue weighted by atomic mass is 10.0. The highest BCUT2D eigenvalue weighted by atomic mass is 19.4. The molecule has 0 atom stereocenters. The number of halogens is 3. The number of likely N-dealkylation sites (tertiary alicyclic amines) is 1. The average molecular weight is 569 g/mol. The Morgan fingerprint density at radius 3 is 2.54 bits per heavy atom. The molecule has 0 unspecified atom stereocenters. The fourth-order valence-electron chi connectivity index (χ4n) is 5.17. The van der Waals surface area contributed by atoms with Gasteiger partial charge in [0.2, 0.25) is 0 Å². The van der Waals surface area contributed by atoms with Gasteiger partial charge < -0.3 is 21.0 Å². The lowest BCUT2D eigenvalue weighted by Crippen LogP contribution is -2.36. The van der Waals surface area contributed by atoms with Crippen molar-refractivity contribution in [3.05, 3.63) is 76.2 Å². The summed E-state index contributed by atoms with van der Waals surface area (Å²) in [4.78, 5) is 15.5. The molecular formula is C29H35F3N8O. The third-order valence-electron chi connectivity index (χ3n) is 7.74. The number of hydrogen-bond donors (Lipinski definition) is 4. The molecule has 2 aliphatic rings. The zero-order valence-corrected chi connectivity index (χ0v) is 23.6. The van der Waals surface area contributed by atoms with E-state index in [4.69, 9.17) is 0 Å². The molecular weight excluding hydrogens is 533 g/mol. The molecule has 1 saturated heterocycles. The summed E-state index contributed by atoms with van der Waals surface area (Å²) in [5.74, 6) is -0.623. The number of benzene rings is 2. The van der Waals surface area contributed by atoms with Crippen LogP contribution in [0.3, 0.4) is 0 Å². The van der Waals surface area contributed by atoms with Gasteiger partial charge in [-0.1, -0.05) is 6.07 Å². The maximum absolute atomic E-state index is 13.9. The zero-order valence-electron chi connectivity index (χ0n) is 23.6. The third-order valence-corrected chi connectivity index (χ3v) is 7.74. The summed E-state index contributed by atoms with van der Waals surface area (Å²) in [5.41, 5.74) is 10.6. The number of nitrogens with one attached hydrogen (secondary N) is 4. The van der Waals surface area contributed by atoms with Crippen molar-refractivity contribution in [2.45, 2.75) is 39.8 Å². The van der Waals surface area contributed by atoms with Crippen molar-refractivity contribution < 1.29 is 18.0 Å². The van der Waals surface area contributed by atoms with Gasteiger partial charge in [-0.05, 0) is 82.1 Å². The largest absolute Gasteiger partial charge is 0.416 e. The number of carbonyl (C=O) groups is 1. The predicted octanol–water partition coefficient (Wildman–Crippen LogP) is 4.95. The molecule has 1 fully saturated rings. The first-order valence-electron chi connectivity index (χ1n) is 13.6. The van der Waals surface area contributed by atoms with Crippen molar-refractivity contribution in [2.24, 2.45) is 7.05 Å². The van der Waals surface area contributed by atoms with Gasteiger partial charge in [0, 0.05) is 54.5 Å². The number of rotatable bonds is 8. The normalized spacial score (nSPS) is 15.7. The Morgan fingerprint density at radius 1 is 1.10 bits per heavy atom. The molecule has 3 heterocycles. The highest BCUT2D eigenvalue weighted by Crippen LogP contribution is 2.36. The second-order valence-corrected chi connectivity index (χ2v) is 10.5. The number of aryl methyl sites for hydroxylation is 2. The van der Waals surface area contributed by atoms with E-state index in [9.17, 15) is 18.0 Å². The molecule has 0 bridgehead atoms. The summed E-state index contributed by atoms with van der Waals surface area (Å²) >= 11 is 0. The topological polar surface area (TPSA) is 89.5 Å². The van der Waals surface area contributed by atoms with Crippen molar-refractivity contribution in [2.75, 3.05) is 41.8 Å². The molecule has 218 valence electrons. The molecule has 12 heteroatoms. The number of anilines is 3. The minimum absolute atomic E-state index is 0.0658. The number of aromatic nitrogens is 2. The summed E-state index contributed by atoms with van der Waals surface area (Å²) < 4.78 is 43.5. The van der Waals surface area contributed by atoms with Crippen LogP contribution in [-0.2, 0) is 13.2 Å². The predicted molar refractivity (Wildman–Crippen MR) is 154 cm³/mol. The maximum Gasteiger partial charge on any atom is 0.416 e. The summed E-state index contributed by atoms with van der Waals surface area (Å²) in [7, 11) is 1.87.